The van der Waals surface area contributed by atoms with E-state index in [4.69, 9.17) is 16.3 Å². The summed E-state index contributed by atoms with van der Waals surface area (Å²) in [7, 11) is 1.55. The van der Waals surface area contributed by atoms with E-state index in [9.17, 15) is 4.79 Å². The summed E-state index contributed by atoms with van der Waals surface area (Å²) >= 11 is 7.48. The Hall–Kier alpha value is -1.99. The van der Waals surface area contributed by atoms with Crippen LogP contribution in [0.5, 0.6) is 5.75 Å². The highest BCUT2D eigenvalue weighted by Gasteiger charge is 2.18. The second-order valence-corrected chi connectivity index (χ2v) is 8.00. The summed E-state index contributed by atoms with van der Waals surface area (Å²) < 4.78 is 5.11. The van der Waals surface area contributed by atoms with Crippen molar-refractivity contribution in [3.8, 4) is 5.75 Å². The second kappa shape index (κ2) is 9.28. The van der Waals surface area contributed by atoms with Crippen molar-refractivity contribution in [2.24, 2.45) is 5.92 Å². The number of halogens is 1. The van der Waals surface area contributed by atoms with E-state index in [0.717, 1.165) is 23.9 Å². The number of carbonyl (C=O) groups is 1. The lowest BCUT2D eigenvalue weighted by Gasteiger charge is -2.31. The highest BCUT2D eigenvalue weighted by molar-refractivity contribution is 7.99. The molecule has 2 heterocycles. The maximum Gasteiger partial charge on any atom is 0.234 e. The molecule has 1 saturated heterocycles. The molecule has 27 heavy (non-hydrogen) atoms. The number of hydrogen-bond donors (Lipinski definition) is 1. The van der Waals surface area contributed by atoms with Crippen LogP contribution in [0, 0.1) is 5.92 Å². The Morgan fingerprint density at radius 2 is 2.26 bits per heavy atom. The number of thioether (sulfide) groups is 1. The Kier molecular flexibility index (Phi) is 6.79. The Labute approximate surface area is 168 Å². The maximum absolute atomic E-state index is 12.2. The molecule has 1 atom stereocenters. The van der Waals surface area contributed by atoms with Crippen molar-refractivity contribution < 1.29 is 9.53 Å². The molecule has 1 amide bonds. The normalized spacial score (nSPS) is 16.9. The summed E-state index contributed by atoms with van der Waals surface area (Å²) in [6, 6.07) is 7.11. The maximum atomic E-state index is 12.2. The van der Waals surface area contributed by atoms with Crippen molar-refractivity contribution in [3.05, 3.63) is 35.6 Å². The van der Waals surface area contributed by atoms with E-state index in [1.807, 2.05) is 6.07 Å². The minimum absolute atomic E-state index is 0.118. The van der Waals surface area contributed by atoms with Gasteiger partial charge in [0.2, 0.25) is 5.91 Å². The van der Waals surface area contributed by atoms with Crippen LogP contribution in [0.3, 0.4) is 0 Å². The molecule has 0 unspecified atom stereocenters. The fourth-order valence-corrected chi connectivity index (χ4v) is 3.98. The van der Waals surface area contributed by atoms with Gasteiger partial charge in [0.25, 0.3) is 0 Å². The molecule has 0 radical (unpaired) electrons. The van der Waals surface area contributed by atoms with Gasteiger partial charge in [-0.3, -0.25) is 4.79 Å². The van der Waals surface area contributed by atoms with Gasteiger partial charge >= 0.3 is 0 Å². The van der Waals surface area contributed by atoms with Crippen LogP contribution in [0.2, 0.25) is 5.02 Å². The van der Waals surface area contributed by atoms with Crippen LogP contribution in [0.15, 0.2) is 35.6 Å². The topological polar surface area (TPSA) is 67.3 Å². The zero-order valence-electron chi connectivity index (χ0n) is 15.4. The molecule has 1 fully saturated rings. The van der Waals surface area contributed by atoms with Crippen molar-refractivity contribution in [2.75, 3.05) is 36.2 Å². The summed E-state index contributed by atoms with van der Waals surface area (Å²) in [6.07, 6.45) is 4.01. The van der Waals surface area contributed by atoms with Gasteiger partial charge in [-0.1, -0.05) is 30.3 Å². The first-order chi connectivity index (χ1) is 13.0. The fraction of sp³-hybridized carbons (Fsp3) is 0.421. The van der Waals surface area contributed by atoms with E-state index in [1.165, 1.54) is 24.6 Å². The number of ether oxygens (including phenoxy) is 1. The number of carbonyl (C=O) groups excluding carboxylic acids is 1. The average Bonchev–Trinajstić information content (AvgIpc) is 2.67. The van der Waals surface area contributed by atoms with Crippen LogP contribution in [0.1, 0.15) is 19.8 Å². The SMILES string of the molecule is COc1ccc(NC(=O)CSc2cc(N3CCC[C@H](C)C3)ncn2)cc1Cl. The van der Waals surface area contributed by atoms with Crippen molar-refractivity contribution in [2.45, 2.75) is 24.8 Å². The van der Waals surface area contributed by atoms with Gasteiger partial charge in [0, 0.05) is 24.8 Å². The smallest absolute Gasteiger partial charge is 0.234 e. The minimum atomic E-state index is -0.118. The third-order valence-corrected chi connectivity index (χ3v) is 5.62. The largest absolute Gasteiger partial charge is 0.495 e. The lowest BCUT2D eigenvalue weighted by Crippen LogP contribution is -2.34. The van der Waals surface area contributed by atoms with Crippen molar-refractivity contribution >= 4 is 40.8 Å². The number of anilines is 2. The van der Waals surface area contributed by atoms with Crippen LogP contribution in [-0.4, -0.2) is 41.8 Å². The van der Waals surface area contributed by atoms with Gasteiger partial charge < -0.3 is 15.0 Å². The van der Waals surface area contributed by atoms with E-state index >= 15 is 0 Å². The number of piperidine rings is 1. The van der Waals surface area contributed by atoms with Crippen LogP contribution in [-0.2, 0) is 4.79 Å². The predicted molar refractivity (Wildman–Crippen MR) is 110 cm³/mol. The number of rotatable bonds is 6. The van der Waals surface area contributed by atoms with Crippen LogP contribution < -0.4 is 15.0 Å². The number of hydrogen-bond acceptors (Lipinski definition) is 6. The summed E-state index contributed by atoms with van der Waals surface area (Å²) in [5.74, 6) is 2.32. The van der Waals surface area contributed by atoms with Gasteiger partial charge in [0.1, 0.15) is 22.9 Å². The fourth-order valence-electron chi connectivity index (χ4n) is 3.06. The van der Waals surface area contributed by atoms with Crippen LogP contribution >= 0.6 is 23.4 Å². The number of nitrogens with zero attached hydrogens (tertiary/aromatic N) is 3. The highest BCUT2D eigenvalue weighted by Crippen LogP contribution is 2.28. The molecule has 1 aromatic carbocycles. The summed E-state index contributed by atoms with van der Waals surface area (Å²) in [6.45, 7) is 4.29. The third-order valence-electron chi connectivity index (χ3n) is 4.40. The Morgan fingerprint density at radius 3 is 3.00 bits per heavy atom. The monoisotopic (exact) mass is 406 g/mol. The average molecular weight is 407 g/mol. The Morgan fingerprint density at radius 1 is 1.41 bits per heavy atom. The predicted octanol–water partition coefficient (Wildman–Crippen LogP) is 4.11. The summed E-state index contributed by atoms with van der Waals surface area (Å²) in [5.41, 5.74) is 0.636. The number of benzene rings is 1. The summed E-state index contributed by atoms with van der Waals surface area (Å²) in [5, 5.41) is 4.08. The van der Waals surface area contributed by atoms with E-state index < -0.39 is 0 Å². The van der Waals surface area contributed by atoms with Gasteiger partial charge in [0.15, 0.2) is 0 Å². The standard InChI is InChI=1S/C19H23ClN4O2S/c1-13-4-3-7-24(10-13)17-9-19(22-12-21-17)27-11-18(25)23-14-5-6-16(26-2)15(20)8-14/h5-6,8-9,12-13H,3-4,7,10-11H2,1-2H3,(H,23,25)/t13-/m0/s1. The molecule has 1 N–H and O–H groups in total. The summed E-state index contributed by atoms with van der Waals surface area (Å²) in [4.78, 5) is 23.2. The minimum Gasteiger partial charge on any atom is -0.495 e. The molecule has 0 bridgehead atoms. The zero-order chi connectivity index (χ0) is 19.2. The third kappa shape index (κ3) is 5.49. The molecule has 0 aliphatic carbocycles. The molecule has 3 rings (SSSR count). The van der Waals surface area contributed by atoms with Crippen LogP contribution in [0.4, 0.5) is 11.5 Å². The molecule has 6 nitrogen and oxygen atoms in total. The first kappa shape index (κ1) is 19.8. The molecule has 1 aliphatic heterocycles. The number of aromatic nitrogens is 2. The first-order valence-electron chi connectivity index (χ1n) is 8.88. The van der Waals surface area contributed by atoms with E-state index in [0.29, 0.717) is 22.4 Å². The molecular weight excluding hydrogens is 384 g/mol. The number of methoxy groups -OCH3 is 1. The van der Waals surface area contributed by atoms with Crippen molar-refractivity contribution in [1.82, 2.24) is 9.97 Å². The van der Waals surface area contributed by atoms with Crippen LogP contribution in [0.25, 0.3) is 0 Å². The van der Waals surface area contributed by atoms with Gasteiger partial charge in [-0.15, -0.1) is 0 Å². The lowest BCUT2D eigenvalue weighted by molar-refractivity contribution is -0.113. The molecule has 0 spiro atoms. The van der Waals surface area contributed by atoms with E-state index in [2.05, 4.69) is 27.1 Å². The van der Waals surface area contributed by atoms with Gasteiger partial charge in [-0.05, 0) is 37.0 Å². The van der Waals surface area contributed by atoms with Crippen molar-refractivity contribution in [1.29, 1.82) is 0 Å². The molecule has 2 aromatic rings. The van der Waals surface area contributed by atoms with Gasteiger partial charge in [-0.25, -0.2) is 9.97 Å². The highest BCUT2D eigenvalue weighted by atomic mass is 35.5. The first-order valence-corrected chi connectivity index (χ1v) is 10.2. The zero-order valence-corrected chi connectivity index (χ0v) is 17.0. The van der Waals surface area contributed by atoms with Gasteiger partial charge in [-0.2, -0.15) is 0 Å². The quantitative estimate of drug-likeness (QED) is 0.575. The molecule has 1 aliphatic rings. The Bertz CT molecular complexity index is 805. The van der Waals surface area contributed by atoms with Crippen molar-refractivity contribution in [3.63, 3.8) is 0 Å². The molecular formula is C19H23ClN4O2S. The molecule has 0 saturated carbocycles. The molecule has 1 aromatic heterocycles. The van der Waals surface area contributed by atoms with Gasteiger partial charge in [0.05, 0.1) is 17.9 Å². The number of nitrogens with one attached hydrogen (secondary N) is 1. The van der Waals surface area contributed by atoms with E-state index in [-0.39, 0.29) is 11.7 Å². The Balaban J connectivity index is 1.55. The molecule has 8 heteroatoms. The molecule has 144 valence electrons. The lowest BCUT2D eigenvalue weighted by atomic mass is 10.0. The number of amides is 1. The van der Waals surface area contributed by atoms with E-state index in [1.54, 1.807) is 31.6 Å². The second-order valence-electron chi connectivity index (χ2n) is 6.59.